The number of halogens is 3. The third-order valence-electron chi connectivity index (χ3n) is 1.85. The summed E-state index contributed by atoms with van der Waals surface area (Å²) in [6.45, 7) is 3.51. The standard InChI is InChI=1S/C11H14F3NO2/c1-2-16-7-6-15-9-4-3-5-10(8-9)17-11(12,13)14/h3-5,8,15H,2,6-7H2,1H3. The lowest BCUT2D eigenvalue weighted by Crippen LogP contribution is -2.17. The van der Waals surface area contributed by atoms with Crippen LogP contribution >= 0.6 is 0 Å². The van der Waals surface area contributed by atoms with E-state index in [9.17, 15) is 13.2 Å². The Balaban J connectivity index is 2.48. The Kier molecular flexibility index (Phi) is 5.09. The summed E-state index contributed by atoms with van der Waals surface area (Å²) in [6.07, 6.45) is -4.66. The molecule has 0 saturated carbocycles. The Morgan fingerprint density at radius 2 is 2.06 bits per heavy atom. The Hall–Kier alpha value is -1.43. The molecule has 0 radical (unpaired) electrons. The Morgan fingerprint density at radius 3 is 2.71 bits per heavy atom. The smallest absolute Gasteiger partial charge is 0.406 e. The maximum atomic E-state index is 12.0. The SMILES string of the molecule is CCOCCNc1cccc(OC(F)(F)F)c1. The quantitative estimate of drug-likeness (QED) is 0.786. The van der Waals surface area contributed by atoms with Crippen LogP contribution in [0.4, 0.5) is 18.9 Å². The minimum absolute atomic E-state index is 0.237. The van der Waals surface area contributed by atoms with Crippen LogP contribution in [0.2, 0.25) is 0 Å². The molecule has 6 heteroatoms. The summed E-state index contributed by atoms with van der Waals surface area (Å²) in [5.41, 5.74) is 0.562. The van der Waals surface area contributed by atoms with E-state index in [0.29, 0.717) is 25.4 Å². The largest absolute Gasteiger partial charge is 0.573 e. The maximum absolute atomic E-state index is 12.0. The molecular formula is C11H14F3NO2. The van der Waals surface area contributed by atoms with E-state index in [1.165, 1.54) is 18.2 Å². The first-order chi connectivity index (χ1) is 8.01. The van der Waals surface area contributed by atoms with Crippen molar-refractivity contribution in [2.45, 2.75) is 13.3 Å². The first-order valence-corrected chi connectivity index (χ1v) is 5.18. The molecule has 1 aromatic rings. The van der Waals surface area contributed by atoms with Crippen molar-refractivity contribution in [3.8, 4) is 5.75 Å². The number of anilines is 1. The molecule has 0 unspecified atom stereocenters. The van der Waals surface area contributed by atoms with Crippen LogP contribution in [0.15, 0.2) is 24.3 Å². The van der Waals surface area contributed by atoms with Gasteiger partial charge in [-0.05, 0) is 19.1 Å². The first-order valence-electron chi connectivity index (χ1n) is 5.18. The van der Waals surface area contributed by atoms with Crippen LogP contribution in [0.5, 0.6) is 5.75 Å². The molecule has 1 aromatic carbocycles. The minimum atomic E-state index is -4.66. The molecule has 0 bridgehead atoms. The molecule has 0 atom stereocenters. The molecule has 96 valence electrons. The van der Waals surface area contributed by atoms with E-state index in [1.54, 1.807) is 6.07 Å². The van der Waals surface area contributed by atoms with Gasteiger partial charge in [-0.15, -0.1) is 13.2 Å². The van der Waals surface area contributed by atoms with Crippen LogP contribution in [-0.4, -0.2) is 26.1 Å². The van der Waals surface area contributed by atoms with E-state index in [0.717, 1.165) is 0 Å². The molecule has 0 aliphatic carbocycles. The van der Waals surface area contributed by atoms with E-state index in [4.69, 9.17) is 4.74 Å². The van der Waals surface area contributed by atoms with Crippen molar-refractivity contribution in [3.63, 3.8) is 0 Å². The molecule has 0 saturated heterocycles. The number of rotatable bonds is 6. The number of alkyl halides is 3. The summed E-state index contributed by atoms with van der Waals surface area (Å²) in [7, 11) is 0. The van der Waals surface area contributed by atoms with Crippen molar-refractivity contribution < 1.29 is 22.6 Å². The van der Waals surface area contributed by atoms with Gasteiger partial charge in [0.05, 0.1) is 6.61 Å². The van der Waals surface area contributed by atoms with E-state index >= 15 is 0 Å². The van der Waals surface area contributed by atoms with Crippen molar-refractivity contribution in [2.75, 3.05) is 25.1 Å². The highest BCUT2D eigenvalue weighted by atomic mass is 19.4. The van der Waals surface area contributed by atoms with Gasteiger partial charge in [-0.25, -0.2) is 0 Å². The zero-order valence-corrected chi connectivity index (χ0v) is 9.38. The Morgan fingerprint density at radius 1 is 1.29 bits per heavy atom. The molecule has 17 heavy (non-hydrogen) atoms. The van der Waals surface area contributed by atoms with Crippen molar-refractivity contribution in [2.24, 2.45) is 0 Å². The van der Waals surface area contributed by atoms with Gasteiger partial charge in [-0.2, -0.15) is 0 Å². The predicted molar refractivity (Wildman–Crippen MR) is 58.1 cm³/mol. The third kappa shape index (κ3) is 6.01. The minimum Gasteiger partial charge on any atom is -0.406 e. The summed E-state index contributed by atoms with van der Waals surface area (Å²) in [6, 6.07) is 5.69. The van der Waals surface area contributed by atoms with Gasteiger partial charge in [-0.3, -0.25) is 0 Å². The average Bonchev–Trinajstić information content (AvgIpc) is 2.23. The Bertz CT molecular complexity index is 342. The van der Waals surface area contributed by atoms with E-state index in [1.807, 2.05) is 6.92 Å². The second-order valence-corrected chi connectivity index (χ2v) is 3.20. The molecule has 0 aliphatic heterocycles. The fraction of sp³-hybridized carbons (Fsp3) is 0.455. The lowest BCUT2D eigenvalue weighted by atomic mass is 10.3. The number of hydrogen-bond acceptors (Lipinski definition) is 3. The molecule has 0 heterocycles. The molecule has 0 fully saturated rings. The van der Waals surface area contributed by atoms with Gasteiger partial charge < -0.3 is 14.8 Å². The highest BCUT2D eigenvalue weighted by Gasteiger charge is 2.31. The maximum Gasteiger partial charge on any atom is 0.573 e. The van der Waals surface area contributed by atoms with E-state index < -0.39 is 6.36 Å². The second kappa shape index (κ2) is 6.34. The van der Waals surface area contributed by atoms with Gasteiger partial charge in [0.1, 0.15) is 5.75 Å². The van der Waals surface area contributed by atoms with Crippen molar-refractivity contribution >= 4 is 5.69 Å². The summed E-state index contributed by atoms with van der Waals surface area (Å²) < 4.78 is 44.8. The molecule has 0 spiro atoms. The number of nitrogens with one attached hydrogen (secondary N) is 1. The zero-order valence-electron chi connectivity index (χ0n) is 9.38. The molecule has 0 aromatic heterocycles. The number of ether oxygens (including phenoxy) is 2. The van der Waals surface area contributed by atoms with Gasteiger partial charge in [0.15, 0.2) is 0 Å². The molecular weight excluding hydrogens is 235 g/mol. The summed E-state index contributed by atoms with van der Waals surface area (Å²) in [4.78, 5) is 0. The van der Waals surface area contributed by atoms with Gasteiger partial charge in [0, 0.05) is 24.9 Å². The van der Waals surface area contributed by atoms with E-state index in [-0.39, 0.29) is 5.75 Å². The van der Waals surface area contributed by atoms with Crippen LogP contribution < -0.4 is 10.1 Å². The van der Waals surface area contributed by atoms with Crippen LogP contribution in [0.3, 0.4) is 0 Å². The van der Waals surface area contributed by atoms with Crippen LogP contribution in [0.25, 0.3) is 0 Å². The fourth-order valence-corrected chi connectivity index (χ4v) is 1.22. The van der Waals surface area contributed by atoms with Gasteiger partial charge in [0.25, 0.3) is 0 Å². The van der Waals surface area contributed by atoms with Crippen LogP contribution in [-0.2, 0) is 4.74 Å². The van der Waals surface area contributed by atoms with Gasteiger partial charge >= 0.3 is 6.36 Å². The summed E-state index contributed by atoms with van der Waals surface area (Å²) in [5, 5.41) is 2.93. The molecule has 3 nitrogen and oxygen atoms in total. The van der Waals surface area contributed by atoms with E-state index in [2.05, 4.69) is 10.1 Å². The highest BCUT2D eigenvalue weighted by molar-refractivity contribution is 5.48. The number of hydrogen-bond donors (Lipinski definition) is 1. The monoisotopic (exact) mass is 249 g/mol. The van der Waals surface area contributed by atoms with Crippen LogP contribution in [0.1, 0.15) is 6.92 Å². The zero-order chi connectivity index (χ0) is 12.7. The first kappa shape index (κ1) is 13.6. The van der Waals surface area contributed by atoms with Gasteiger partial charge in [-0.1, -0.05) is 6.07 Å². The van der Waals surface area contributed by atoms with Crippen LogP contribution in [0, 0.1) is 0 Å². The lowest BCUT2D eigenvalue weighted by molar-refractivity contribution is -0.274. The lowest BCUT2D eigenvalue weighted by Gasteiger charge is -2.11. The second-order valence-electron chi connectivity index (χ2n) is 3.20. The molecule has 0 amide bonds. The normalized spacial score (nSPS) is 11.3. The molecule has 1 rings (SSSR count). The Labute approximate surface area is 97.5 Å². The summed E-state index contributed by atoms with van der Waals surface area (Å²) >= 11 is 0. The fourth-order valence-electron chi connectivity index (χ4n) is 1.22. The third-order valence-corrected chi connectivity index (χ3v) is 1.85. The summed E-state index contributed by atoms with van der Waals surface area (Å²) in [5.74, 6) is -0.237. The van der Waals surface area contributed by atoms with Gasteiger partial charge in [0.2, 0.25) is 0 Å². The number of benzene rings is 1. The molecule has 1 N–H and O–H groups in total. The van der Waals surface area contributed by atoms with Crippen molar-refractivity contribution in [1.82, 2.24) is 0 Å². The predicted octanol–water partition coefficient (Wildman–Crippen LogP) is 3.03. The van der Waals surface area contributed by atoms with Crippen molar-refractivity contribution in [3.05, 3.63) is 24.3 Å². The average molecular weight is 249 g/mol. The topological polar surface area (TPSA) is 30.5 Å². The highest BCUT2D eigenvalue weighted by Crippen LogP contribution is 2.24. The molecule has 0 aliphatic rings. The van der Waals surface area contributed by atoms with Crippen molar-refractivity contribution in [1.29, 1.82) is 0 Å².